The maximum absolute atomic E-state index is 13.0. The number of hydrogen-bond donors (Lipinski definition) is 2. The molecule has 1 amide bonds. The van der Waals surface area contributed by atoms with E-state index in [1.54, 1.807) is 28.6 Å². The first-order valence-electron chi connectivity index (χ1n) is 10.7. The molecule has 3 rings (SSSR count). The van der Waals surface area contributed by atoms with E-state index in [4.69, 9.17) is 4.74 Å². The van der Waals surface area contributed by atoms with E-state index in [1.165, 1.54) is 11.3 Å². The first-order chi connectivity index (χ1) is 15.0. The lowest BCUT2D eigenvalue weighted by molar-refractivity contribution is 0.0951. The zero-order valence-corrected chi connectivity index (χ0v) is 19.5. The summed E-state index contributed by atoms with van der Waals surface area (Å²) in [5, 5.41) is 6.30. The van der Waals surface area contributed by atoms with Crippen molar-refractivity contribution in [2.45, 2.75) is 43.0 Å². The van der Waals surface area contributed by atoms with Crippen LogP contribution in [0.2, 0.25) is 0 Å². The Labute approximate surface area is 188 Å². The molecule has 0 aliphatic carbocycles. The van der Waals surface area contributed by atoms with Gasteiger partial charge in [-0.2, -0.15) is 4.31 Å². The molecule has 1 aromatic heterocycles. The molecule has 1 aromatic carbocycles. The molecule has 1 aliphatic rings. The van der Waals surface area contributed by atoms with Gasteiger partial charge in [0, 0.05) is 42.7 Å². The maximum atomic E-state index is 13.0. The number of nitrogens with zero attached hydrogens (tertiary/aromatic N) is 1. The Kier molecular flexibility index (Phi) is 9.03. The molecule has 1 saturated heterocycles. The number of ether oxygens (including phenoxy) is 1. The van der Waals surface area contributed by atoms with Crippen LogP contribution in [0.4, 0.5) is 0 Å². The molecule has 31 heavy (non-hydrogen) atoms. The molecule has 170 valence electrons. The van der Waals surface area contributed by atoms with Gasteiger partial charge in [-0.1, -0.05) is 25.1 Å². The molecule has 2 heterocycles. The summed E-state index contributed by atoms with van der Waals surface area (Å²) in [6.45, 7) is 5.66. The minimum atomic E-state index is -3.50. The smallest absolute Gasteiger partial charge is 0.252 e. The Morgan fingerprint density at radius 3 is 2.58 bits per heavy atom. The predicted octanol–water partition coefficient (Wildman–Crippen LogP) is 2.85. The highest BCUT2D eigenvalue weighted by molar-refractivity contribution is 7.91. The zero-order valence-electron chi connectivity index (χ0n) is 17.9. The summed E-state index contributed by atoms with van der Waals surface area (Å²) in [7, 11) is -3.50. The van der Waals surface area contributed by atoms with Crippen LogP contribution < -0.4 is 10.6 Å². The number of nitrogens with one attached hydrogen (secondary N) is 2. The summed E-state index contributed by atoms with van der Waals surface area (Å²) < 4.78 is 33.4. The third-order valence-electron chi connectivity index (χ3n) is 5.17. The van der Waals surface area contributed by atoms with Crippen molar-refractivity contribution in [3.05, 3.63) is 52.9 Å². The van der Waals surface area contributed by atoms with Crippen LogP contribution in [0.5, 0.6) is 0 Å². The Morgan fingerprint density at radius 2 is 1.87 bits per heavy atom. The van der Waals surface area contributed by atoms with E-state index in [0.717, 1.165) is 37.3 Å². The topological polar surface area (TPSA) is 87.7 Å². The average molecular weight is 466 g/mol. The summed E-state index contributed by atoms with van der Waals surface area (Å²) in [5.74, 6) is -0.173. The number of hydrogen-bond acceptors (Lipinski definition) is 6. The van der Waals surface area contributed by atoms with Gasteiger partial charge in [-0.05, 0) is 43.5 Å². The van der Waals surface area contributed by atoms with E-state index in [1.807, 2.05) is 18.2 Å². The Morgan fingerprint density at radius 1 is 1.13 bits per heavy atom. The lowest BCUT2D eigenvalue weighted by Gasteiger charge is -2.31. The molecule has 1 fully saturated rings. The highest BCUT2D eigenvalue weighted by atomic mass is 32.2. The van der Waals surface area contributed by atoms with Gasteiger partial charge in [0.2, 0.25) is 0 Å². The lowest BCUT2D eigenvalue weighted by atomic mass is 10.1. The fourth-order valence-corrected chi connectivity index (χ4v) is 6.38. The first-order valence-corrected chi connectivity index (χ1v) is 13.0. The summed E-state index contributed by atoms with van der Waals surface area (Å²) in [4.78, 5) is 13.0. The van der Waals surface area contributed by atoms with Crippen LogP contribution in [-0.4, -0.2) is 57.5 Å². The van der Waals surface area contributed by atoms with Gasteiger partial charge < -0.3 is 15.4 Å². The molecule has 7 nitrogen and oxygen atoms in total. The van der Waals surface area contributed by atoms with Gasteiger partial charge in [-0.15, -0.1) is 11.3 Å². The fraction of sp³-hybridized carbons (Fsp3) is 0.500. The second-order valence-corrected chi connectivity index (χ2v) is 10.8. The highest BCUT2D eigenvalue weighted by Crippen LogP contribution is 2.27. The summed E-state index contributed by atoms with van der Waals surface area (Å²) >= 11 is 1.22. The molecule has 1 aliphatic heterocycles. The van der Waals surface area contributed by atoms with Crippen molar-refractivity contribution in [2.75, 3.05) is 32.8 Å². The predicted molar refractivity (Wildman–Crippen MR) is 123 cm³/mol. The highest BCUT2D eigenvalue weighted by Gasteiger charge is 2.30. The third-order valence-corrected chi connectivity index (χ3v) is 8.62. The number of carbonyl (C=O) groups excluding carboxylic acids is 1. The van der Waals surface area contributed by atoms with Gasteiger partial charge in [0.25, 0.3) is 15.9 Å². The van der Waals surface area contributed by atoms with Gasteiger partial charge in [0.05, 0.1) is 13.2 Å². The van der Waals surface area contributed by atoms with Crippen LogP contribution in [0.1, 0.15) is 41.4 Å². The van der Waals surface area contributed by atoms with Crippen LogP contribution in [0, 0.1) is 0 Å². The number of benzene rings is 1. The number of piperidine rings is 1. The second-order valence-electron chi connectivity index (χ2n) is 7.51. The van der Waals surface area contributed by atoms with E-state index in [-0.39, 0.29) is 5.91 Å². The van der Waals surface area contributed by atoms with E-state index in [0.29, 0.717) is 42.1 Å². The average Bonchev–Trinajstić information content (AvgIpc) is 3.28. The minimum absolute atomic E-state index is 0.173. The van der Waals surface area contributed by atoms with E-state index in [9.17, 15) is 13.2 Å². The van der Waals surface area contributed by atoms with Gasteiger partial charge in [0.1, 0.15) is 4.21 Å². The van der Waals surface area contributed by atoms with Gasteiger partial charge in [-0.3, -0.25) is 4.79 Å². The standard InChI is InChI=1S/C22H31N3O4S2/c1-2-15-29-16-12-23-19-10-13-25(14-11-19)31(27,28)21-9-8-20(30-21)17-24-22(26)18-6-4-3-5-7-18/h3-9,19,23H,2,10-17H2,1H3,(H,24,26). The monoisotopic (exact) mass is 465 g/mol. The summed E-state index contributed by atoms with van der Waals surface area (Å²) in [5.41, 5.74) is 0.584. The Balaban J connectivity index is 1.47. The van der Waals surface area contributed by atoms with Crippen molar-refractivity contribution in [3.8, 4) is 0 Å². The third kappa shape index (κ3) is 6.85. The van der Waals surface area contributed by atoms with E-state index >= 15 is 0 Å². The first kappa shape index (κ1) is 23.9. The largest absolute Gasteiger partial charge is 0.380 e. The minimum Gasteiger partial charge on any atom is -0.380 e. The summed E-state index contributed by atoms with van der Waals surface area (Å²) in [6, 6.07) is 12.7. The molecule has 2 N–H and O–H groups in total. The fourth-order valence-electron chi connectivity index (χ4n) is 3.46. The normalized spacial score (nSPS) is 15.8. The quantitative estimate of drug-likeness (QED) is 0.498. The molecule has 0 saturated carbocycles. The van der Waals surface area contributed by atoms with Crippen LogP contribution in [-0.2, 0) is 21.3 Å². The lowest BCUT2D eigenvalue weighted by Crippen LogP contribution is -2.45. The molecular weight excluding hydrogens is 434 g/mol. The van der Waals surface area contributed by atoms with E-state index in [2.05, 4.69) is 17.6 Å². The number of amides is 1. The van der Waals surface area contributed by atoms with Crippen LogP contribution in [0.25, 0.3) is 0 Å². The second kappa shape index (κ2) is 11.7. The molecule has 0 bridgehead atoms. The van der Waals surface area contributed by atoms with E-state index < -0.39 is 10.0 Å². The Bertz CT molecular complexity index is 923. The van der Waals surface area contributed by atoms with Crippen molar-refractivity contribution in [2.24, 2.45) is 0 Å². The van der Waals surface area contributed by atoms with Gasteiger partial charge in [-0.25, -0.2) is 8.42 Å². The van der Waals surface area contributed by atoms with Crippen molar-refractivity contribution in [1.82, 2.24) is 14.9 Å². The van der Waals surface area contributed by atoms with Gasteiger partial charge >= 0.3 is 0 Å². The van der Waals surface area contributed by atoms with Crippen molar-refractivity contribution in [3.63, 3.8) is 0 Å². The molecule has 9 heteroatoms. The number of rotatable bonds is 11. The van der Waals surface area contributed by atoms with Crippen molar-refractivity contribution in [1.29, 1.82) is 0 Å². The van der Waals surface area contributed by atoms with Crippen molar-refractivity contribution >= 4 is 27.3 Å². The number of thiophene rings is 1. The van der Waals surface area contributed by atoms with Crippen LogP contribution in [0.15, 0.2) is 46.7 Å². The molecule has 0 radical (unpaired) electrons. The number of carbonyl (C=O) groups is 1. The molecule has 2 aromatic rings. The number of sulfonamides is 1. The van der Waals surface area contributed by atoms with Crippen LogP contribution in [0.3, 0.4) is 0 Å². The zero-order chi connectivity index (χ0) is 22.1. The van der Waals surface area contributed by atoms with Crippen molar-refractivity contribution < 1.29 is 17.9 Å². The molecular formula is C22H31N3O4S2. The molecule has 0 spiro atoms. The van der Waals surface area contributed by atoms with Crippen LogP contribution >= 0.6 is 11.3 Å². The SMILES string of the molecule is CCCOCCNC1CCN(S(=O)(=O)c2ccc(CNC(=O)c3ccccc3)s2)CC1. The molecule has 0 unspecified atom stereocenters. The van der Waals surface area contributed by atoms with Gasteiger partial charge in [0.15, 0.2) is 0 Å². The maximum Gasteiger partial charge on any atom is 0.252 e. The Hall–Kier alpha value is -1.78. The summed E-state index contributed by atoms with van der Waals surface area (Å²) in [6.07, 6.45) is 2.59. The molecule has 0 atom stereocenters.